The Morgan fingerprint density at radius 2 is 1.90 bits per heavy atom. The van der Waals surface area contributed by atoms with Gasteiger partial charge in [0.15, 0.2) is 0 Å². The predicted octanol–water partition coefficient (Wildman–Crippen LogP) is 3.98. The Labute approximate surface area is 162 Å². The number of aromatic amines is 1. The van der Waals surface area contributed by atoms with Gasteiger partial charge in [0.25, 0.3) is 5.91 Å². The Morgan fingerprint density at radius 3 is 2.59 bits per heavy atom. The van der Waals surface area contributed by atoms with Crippen LogP contribution in [0.4, 0.5) is 18.9 Å². The number of alkyl halides is 3. The fourth-order valence-electron chi connectivity index (χ4n) is 2.70. The van der Waals surface area contributed by atoms with Crippen LogP contribution < -0.4 is 10.7 Å². The van der Waals surface area contributed by atoms with Crippen LogP contribution in [-0.4, -0.2) is 23.5 Å². The van der Waals surface area contributed by atoms with Crippen molar-refractivity contribution in [2.45, 2.75) is 13.1 Å². The van der Waals surface area contributed by atoms with Crippen LogP contribution in [0.2, 0.25) is 0 Å². The van der Waals surface area contributed by atoms with Gasteiger partial charge in [-0.1, -0.05) is 6.07 Å². The molecule has 150 valence electrons. The van der Waals surface area contributed by atoms with Crippen LogP contribution in [0, 0.1) is 0 Å². The molecule has 0 bridgehead atoms. The summed E-state index contributed by atoms with van der Waals surface area (Å²) in [5.74, 6) is -1.33. The van der Waals surface area contributed by atoms with Crippen molar-refractivity contribution < 1.29 is 27.5 Å². The zero-order chi connectivity index (χ0) is 21.2. The fourth-order valence-corrected chi connectivity index (χ4v) is 2.70. The maximum atomic E-state index is 12.8. The van der Waals surface area contributed by atoms with Crippen molar-refractivity contribution in [1.29, 1.82) is 0 Å². The Hall–Kier alpha value is -3.62. The van der Waals surface area contributed by atoms with E-state index < -0.39 is 29.0 Å². The van der Waals surface area contributed by atoms with Crippen LogP contribution in [0.15, 0.2) is 53.5 Å². The summed E-state index contributed by atoms with van der Waals surface area (Å²) in [4.78, 5) is 39.4. The minimum Gasteiger partial charge on any atom is -0.462 e. The number of halogens is 3. The summed E-state index contributed by atoms with van der Waals surface area (Å²) >= 11 is 0. The number of ether oxygens (including phenoxy) is 1. The minimum atomic E-state index is -4.55. The van der Waals surface area contributed by atoms with Gasteiger partial charge in [-0.15, -0.1) is 0 Å². The van der Waals surface area contributed by atoms with Crippen molar-refractivity contribution in [3.63, 3.8) is 0 Å². The molecule has 9 heteroatoms. The molecule has 0 aliphatic heterocycles. The van der Waals surface area contributed by atoms with E-state index in [4.69, 9.17) is 4.74 Å². The lowest BCUT2D eigenvalue weighted by atomic mass is 10.1. The van der Waals surface area contributed by atoms with E-state index in [-0.39, 0.29) is 34.3 Å². The normalized spacial score (nSPS) is 11.3. The molecule has 0 aliphatic rings. The summed E-state index contributed by atoms with van der Waals surface area (Å²) in [7, 11) is 0. The van der Waals surface area contributed by atoms with E-state index >= 15 is 0 Å². The number of pyridine rings is 1. The molecular weight excluding hydrogens is 389 g/mol. The zero-order valence-electron chi connectivity index (χ0n) is 15.1. The van der Waals surface area contributed by atoms with E-state index in [0.29, 0.717) is 0 Å². The summed E-state index contributed by atoms with van der Waals surface area (Å²) in [5.41, 5.74) is -1.46. The fraction of sp³-hybridized carbons (Fsp3) is 0.150. The van der Waals surface area contributed by atoms with E-state index in [1.165, 1.54) is 24.3 Å². The first-order chi connectivity index (χ1) is 13.7. The average molecular weight is 404 g/mol. The van der Waals surface area contributed by atoms with E-state index in [9.17, 15) is 27.6 Å². The number of carbonyl (C=O) groups excluding carboxylic acids is 2. The molecule has 0 radical (unpaired) electrons. The summed E-state index contributed by atoms with van der Waals surface area (Å²) in [5, 5.41) is 2.44. The third-order valence-electron chi connectivity index (χ3n) is 4.08. The standard InChI is InChI=1S/C20H15F3N2O4/c1-2-29-19(28)11-4-3-5-13(8-11)25-18(27)15-10-24-16-9-12(20(21,22)23)6-7-14(16)17(15)26/h3-10H,2H2,1H3,(H,24,26)(H,25,27). The largest absolute Gasteiger partial charge is 0.462 e. The molecule has 0 saturated carbocycles. The van der Waals surface area contributed by atoms with Crippen molar-refractivity contribution in [2.75, 3.05) is 11.9 Å². The number of amides is 1. The summed E-state index contributed by atoms with van der Waals surface area (Å²) in [6.45, 7) is 1.85. The van der Waals surface area contributed by atoms with Gasteiger partial charge >= 0.3 is 12.1 Å². The number of fused-ring (bicyclic) bond motifs is 1. The number of carbonyl (C=O) groups is 2. The third kappa shape index (κ3) is 4.29. The Kier molecular flexibility index (Phi) is 5.40. The molecule has 6 nitrogen and oxygen atoms in total. The lowest BCUT2D eigenvalue weighted by Crippen LogP contribution is -2.22. The van der Waals surface area contributed by atoms with Gasteiger partial charge in [-0.3, -0.25) is 9.59 Å². The Morgan fingerprint density at radius 1 is 1.14 bits per heavy atom. The second-order valence-corrected chi connectivity index (χ2v) is 6.04. The molecule has 1 aromatic heterocycles. The van der Waals surface area contributed by atoms with E-state index in [2.05, 4.69) is 10.3 Å². The SMILES string of the molecule is CCOC(=O)c1cccc(NC(=O)c2c[nH]c3cc(C(F)(F)F)ccc3c2=O)c1. The number of hydrogen-bond donors (Lipinski definition) is 2. The van der Waals surface area contributed by atoms with Crippen molar-refractivity contribution >= 4 is 28.5 Å². The van der Waals surface area contributed by atoms with Gasteiger partial charge in [-0.05, 0) is 43.3 Å². The highest BCUT2D eigenvalue weighted by atomic mass is 19.4. The zero-order valence-corrected chi connectivity index (χ0v) is 15.1. The average Bonchev–Trinajstić information content (AvgIpc) is 2.67. The predicted molar refractivity (Wildman–Crippen MR) is 99.9 cm³/mol. The second kappa shape index (κ2) is 7.78. The summed E-state index contributed by atoms with van der Waals surface area (Å²) in [6.07, 6.45) is -3.50. The number of H-pyrrole nitrogens is 1. The monoisotopic (exact) mass is 404 g/mol. The van der Waals surface area contributed by atoms with E-state index in [0.717, 1.165) is 24.4 Å². The summed E-state index contributed by atoms with van der Waals surface area (Å²) < 4.78 is 43.3. The van der Waals surface area contributed by atoms with E-state index in [1.54, 1.807) is 6.92 Å². The number of aromatic nitrogens is 1. The molecule has 1 heterocycles. The van der Waals surface area contributed by atoms with Crippen LogP contribution in [0.1, 0.15) is 33.2 Å². The maximum Gasteiger partial charge on any atom is 0.416 e. The van der Waals surface area contributed by atoms with Crippen LogP contribution in [0.5, 0.6) is 0 Å². The first-order valence-electron chi connectivity index (χ1n) is 8.52. The Balaban J connectivity index is 1.90. The third-order valence-corrected chi connectivity index (χ3v) is 4.08. The highest BCUT2D eigenvalue weighted by Gasteiger charge is 2.30. The van der Waals surface area contributed by atoms with Crippen molar-refractivity contribution in [1.82, 2.24) is 4.98 Å². The highest BCUT2D eigenvalue weighted by Crippen LogP contribution is 2.30. The molecule has 3 aromatic rings. The molecule has 0 aliphatic carbocycles. The number of hydrogen-bond acceptors (Lipinski definition) is 4. The second-order valence-electron chi connectivity index (χ2n) is 6.04. The van der Waals surface area contributed by atoms with Gasteiger partial charge < -0.3 is 15.0 Å². The quantitative estimate of drug-likeness (QED) is 0.644. The van der Waals surface area contributed by atoms with Crippen molar-refractivity contribution in [3.8, 4) is 0 Å². The van der Waals surface area contributed by atoms with Gasteiger partial charge in [-0.25, -0.2) is 4.79 Å². The molecule has 2 aromatic carbocycles. The van der Waals surface area contributed by atoms with Crippen LogP contribution >= 0.6 is 0 Å². The topological polar surface area (TPSA) is 88.3 Å². The van der Waals surface area contributed by atoms with Crippen molar-refractivity contribution in [2.24, 2.45) is 0 Å². The van der Waals surface area contributed by atoms with Gasteiger partial charge in [0.1, 0.15) is 5.56 Å². The van der Waals surface area contributed by atoms with Gasteiger partial charge in [0, 0.05) is 22.8 Å². The van der Waals surface area contributed by atoms with Gasteiger partial charge in [0.2, 0.25) is 5.43 Å². The molecule has 1 amide bonds. The Bertz CT molecular complexity index is 1150. The van der Waals surface area contributed by atoms with Crippen LogP contribution in [0.25, 0.3) is 10.9 Å². The first kappa shape index (κ1) is 20.1. The molecule has 0 spiro atoms. The van der Waals surface area contributed by atoms with Gasteiger partial charge in [0.05, 0.1) is 17.7 Å². The maximum absolute atomic E-state index is 12.8. The van der Waals surface area contributed by atoms with Crippen LogP contribution in [-0.2, 0) is 10.9 Å². The smallest absolute Gasteiger partial charge is 0.416 e. The molecular formula is C20H15F3N2O4. The van der Waals surface area contributed by atoms with Crippen LogP contribution in [0.3, 0.4) is 0 Å². The lowest BCUT2D eigenvalue weighted by molar-refractivity contribution is -0.137. The molecule has 0 unspecified atom stereocenters. The van der Waals surface area contributed by atoms with Gasteiger partial charge in [-0.2, -0.15) is 13.2 Å². The number of benzene rings is 2. The molecule has 0 saturated heterocycles. The molecule has 3 rings (SSSR count). The molecule has 29 heavy (non-hydrogen) atoms. The highest BCUT2D eigenvalue weighted by molar-refractivity contribution is 6.06. The van der Waals surface area contributed by atoms with Crippen molar-refractivity contribution in [3.05, 3.63) is 75.6 Å². The summed E-state index contributed by atoms with van der Waals surface area (Å²) in [6, 6.07) is 8.56. The molecule has 2 N–H and O–H groups in total. The first-order valence-corrected chi connectivity index (χ1v) is 8.52. The minimum absolute atomic E-state index is 0.0364. The lowest BCUT2D eigenvalue weighted by Gasteiger charge is -2.09. The molecule has 0 fully saturated rings. The number of nitrogens with one attached hydrogen (secondary N) is 2. The number of rotatable bonds is 4. The van der Waals surface area contributed by atoms with E-state index in [1.807, 2.05) is 0 Å². The number of anilines is 1. The molecule has 0 atom stereocenters. The number of esters is 1.